The number of hydrogen-bond donors (Lipinski definition) is 1. The highest BCUT2D eigenvalue weighted by Gasteiger charge is 2.35. The second-order valence-electron chi connectivity index (χ2n) is 10.3. The highest BCUT2D eigenvalue weighted by atomic mass is 32.2. The summed E-state index contributed by atoms with van der Waals surface area (Å²) < 4.78 is 55.3. The zero-order chi connectivity index (χ0) is 32.6. The molecule has 0 aromatic heterocycles. The second kappa shape index (κ2) is 14.7. The van der Waals surface area contributed by atoms with Gasteiger partial charge in [0, 0.05) is 31.6 Å². The molecule has 2 amide bonds. The Morgan fingerprint density at radius 1 is 0.889 bits per heavy atom. The van der Waals surface area contributed by atoms with Gasteiger partial charge in [-0.1, -0.05) is 66.2 Å². The van der Waals surface area contributed by atoms with Crippen molar-refractivity contribution < 1.29 is 31.9 Å². The number of aryl methyl sites for hydroxylation is 1. The first-order chi connectivity index (χ1) is 21.6. The van der Waals surface area contributed by atoms with Gasteiger partial charge in [0.1, 0.15) is 29.9 Å². The summed E-state index contributed by atoms with van der Waals surface area (Å²) in [5.41, 5.74) is 1.83. The molecule has 0 unspecified atom stereocenters. The monoisotopic (exact) mass is 633 g/mol. The van der Waals surface area contributed by atoms with Crippen LogP contribution in [0, 0.1) is 12.7 Å². The van der Waals surface area contributed by atoms with Gasteiger partial charge < -0.3 is 19.7 Å². The quantitative estimate of drug-likeness (QED) is 0.228. The van der Waals surface area contributed by atoms with Gasteiger partial charge in [-0.05, 0) is 42.8 Å². The molecule has 4 aromatic carbocycles. The highest BCUT2D eigenvalue weighted by molar-refractivity contribution is 7.92. The predicted molar refractivity (Wildman–Crippen MR) is 170 cm³/mol. The average Bonchev–Trinajstić information content (AvgIpc) is 3.05. The third-order valence-electron chi connectivity index (χ3n) is 7.36. The van der Waals surface area contributed by atoms with Crippen LogP contribution in [-0.2, 0) is 32.6 Å². The number of nitrogens with zero attached hydrogens (tertiary/aromatic N) is 2. The Balaban J connectivity index is 1.86. The SMILES string of the molecule is CNC(=O)[C@H](Cc1ccccc1)N(Cc1ccccc1F)C(=O)CN(c1cc(OC)ccc1OC)S(=O)(=O)c1ccc(C)cc1. The number of rotatable bonds is 13. The summed E-state index contributed by atoms with van der Waals surface area (Å²) in [6.45, 7) is 0.815. The zero-order valence-corrected chi connectivity index (χ0v) is 26.4. The van der Waals surface area contributed by atoms with Crippen molar-refractivity contribution in [2.75, 3.05) is 32.1 Å². The highest BCUT2D eigenvalue weighted by Crippen LogP contribution is 2.36. The number of hydrogen-bond acceptors (Lipinski definition) is 6. The van der Waals surface area contributed by atoms with Crippen molar-refractivity contribution in [3.63, 3.8) is 0 Å². The van der Waals surface area contributed by atoms with Gasteiger partial charge in [-0.25, -0.2) is 12.8 Å². The summed E-state index contributed by atoms with van der Waals surface area (Å²) in [5, 5.41) is 2.61. The fourth-order valence-corrected chi connectivity index (χ4v) is 6.29. The maximum Gasteiger partial charge on any atom is 0.264 e. The van der Waals surface area contributed by atoms with Crippen LogP contribution in [-0.4, -0.2) is 59.0 Å². The lowest BCUT2D eigenvalue weighted by Crippen LogP contribution is -2.53. The van der Waals surface area contributed by atoms with Crippen LogP contribution < -0.4 is 19.1 Å². The standard InChI is InChI=1S/C34H36FN3O6S/c1-24-14-17-28(18-15-24)45(41,42)38(30-21-27(43-3)16-19-32(30)44-4)23-33(39)37(22-26-12-8-9-13-29(26)35)31(34(40)36-2)20-25-10-6-5-7-11-25/h5-19,21,31H,20,22-23H2,1-4H3,(H,36,40)/t31-/m0/s1. The third-order valence-corrected chi connectivity index (χ3v) is 9.13. The second-order valence-corrected chi connectivity index (χ2v) is 12.2. The van der Waals surface area contributed by atoms with Gasteiger partial charge >= 0.3 is 0 Å². The van der Waals surface area contributed by atoms with E-state index in [1.807, 2.05) is 37.3 Å². The van der Waals surface area contributed by atoms with Gasteiger partial charge in [-0.3, -0.25) is 13.9 Å². The van der Waals surface area contributed by atoms with E-state index >= 15 is 0 Å². The minimum absolute atomic E-state index is 0.0520. The molecule has 45 heavy (non-hydrogen) atoms. The van der Waals surface area contributed by atoms with E-state index in [1.54, 1.807) is 24.3 Å². The number of carbonyl (C=O) groups is 2. The lowest BCUT2D eigenvalue weighted by atomic mass is 10.0. The topological polar surface area (TPSA) is 105 Å². The number of carbonyl (C=O) groups excluding carboxylic acids is 2. The molecule has 9 nitrogen and oxygen atoms in total. The molecule has 4 rings (SSSR count). The lowest BCUT2D eigenvalue weighted by Gasteiger charge is -2.34. The summed E-state index contributed by atoms with van der Waals surface area (Å²) in [5.74, 6) is -1.28. The van der Waals surface area contributed by atoms with Gasteiger partial charge in [0.2, 0.25) is 11.8 Å². The molecule has 0 aliphatic heterocycles. The van der Waals surface area contributed by atoms with Crippen molar-refractivity contribution >= 4 is 27.5 Å². The van der Waals surface area contributed by atoms with Crippen molar-refractivity contribution in [2.24, 2.45) is 0 Å². The van der Waals surface area contributed by atoms with Gasteiger partial charge in [-0.15, -0.1) is 0 Å². The summed E-state index contributed by atoms with van der Waals surface area (Å²) in [6, 6.07) is 24.7. The maximum atomic E-state index is 15.0. The molecule has 0 heterocycles. The molecule has 0 saturated heterocycles. The Morgan fingerprint density at radius 2 is 1.56 bits per heavy atom. The van der Waals surface area contributed by atoms with E-state index in [9.17, 15) is 22.4 Å². The Morgan fingerprint density at radius 3 is 2.18 bits per heavy atom. The molecule has 11 heteroatoms. The first kappa shape index (κ1) is 33.0. The average molecular weight is 634 g/mol. The molecule has 4 aromatic rings. The fraction of sp³-hybridized carbons (Fsp3) is 0.235. The van der Waals surface area contributed by atoms with Crippen molar-refractivity contribution in [3.8, 4) is 11.5 Å². The number of benzene rings is 4. The van der Waals surface area contributed by atoms with Crippen LogP contribution in [0.1, 0.15) is 16.7 Å². The molecule has 1 atom stereocenters. The number of likely N-dealkylation sites (N-methyl/N-ethyl adjacent to an activating group) is 1. The predicted octanol–water partition coefficient (Wildman–Crippen LogP) is 4.73. The smallest absolute Gasteiger partial charge is 0.264 e. The van der Waals surface area contributed by atoms with E-state index in [-0.39, 0.29) is 34.9 Å². The Kier molecular flexibility index (Phi) is 10.8. The van der Waals surface area contributed by atoms with Crippen LogP contribution in [0.4, 0.5) is 10.1 Å². The number of nitrogens with one attached hydrogen (secondary N) is 1. The number of sulfonamides is 1. The summed E-state index contributed by atoms with van der Waals surface area (Å²) in [6.07, 6.45) is 0.105. The van der Waals surface area contributed by atoms with Crippen LogP contribution in [0.25, 0.3) is 0 Å². The Bertz CT molecular complexity index is 1730. The number of ether oxygens (including phenoxy) is 2. The van der Waals surface area contributed by atoms with Crippen LogP contribution in [0.5, 0.6) is 11.5 Å². The minimum atomic E-state index is -4.37. The zero-order valence-electron chi connectivity index (χ0n) is 25.6. The molecule has 0 fully saturated rings. The molecule has 0 radical (unpaired) electrons. The molecule has 0 saturated carbocycles. The van der Waals surface area contributed by atoms with Crippen molar-refractivity contribution in [1.82, 2.24) is 10.2 Å². The van der Waals surface area contributed by atoms with Crippen molar-refractivity contribution in [2.45, 2.75) is 30.8 Å². The summed E-state index contributed by atoms with van der Waals surface area (Å²) in [4.78, 5) is 28.9. The van der Waals surface area contributed by atoms with Crippen LogP contribution in [0.15, 0.2) is 102 Å². The number of halogens is 1. The van der Waals surface area contributed by atoms with E-state index < -0.39 is 40.2 Å². The third kappa shape index (κ3) is 7.79. The van der Waals surface area contributed by atoms with Crippen LogP contribution in [0.2, 0.25) is 0 Å². The summed E-state index contributed by atoms with van der Waals surface area (Å²) in [7, 11) is -0.109. The molecular weight excluding hydrogens is 597 g/mol. The molecular formula is C34H36FN3O6S. The van der Waals surface area contributed by atoms with Gasteiger partial charge in [0.25, 0.3) is 10.0 Å². The van der Waals surface area contributed by atoms with Crippen molar-refractivity contribution in [1.29, 1.82) is 0 Å². The maximum absolute atomic E-state index is 15.0. The Hall–Kier alpha value is -4.90. The number of methoxy groups -OCH3 is 2. The lowest BCUT2D eigenvalue weighted by molar-refractivity contribution is -0.139. The summed E-state index contributed by atoms with van der Waals surface area (Å²) >= 11 is 0. The molecule has 1 N–H and O–H groups in total. The molecule has 0 spiro atoms. The number of amides is 2. The fourth-order valence-electron chi connectivity index (χ4n) is 4.87. The molecule has 0 bridgehead atoms. The minimum Gasteiger partial charge on any atom is -0.497 e. The van der Waals surface area contributed by atoms with Crippen LogP contribution in [0.3, 0.4) is 0 Å². The van der Waals surface area contributed by atoms with Gasteiger partial charge in [0.05, 0.1) is 24.8 Å². The van der Waals surface area contributed by atoms with E-state index in [1.165, 1.54) is 68.6 Å². The normalized spacial score (nSPS) is 11.8. The first-order valence-electron chi connectivity index (χ1n) is 14.2. The van der Waals surface area contributed by atoms with Gasteiger partial charge in [-0.2, -0.15) is 0 Å². The Labute approximate surface area is 263 Å². The van der Waals surface area contributed by atoms with E-state index in [2.05, 4.69) is 5.32 Å². The molecule has 236 valence electrons. The van der Waals surface area contributed by atoms with Crippen molar-refractivity contribution in [3.05, 3.63) is 120 Å². The largest absolute Gasteiger partial charge is 0.497 e. The van der Waals surface area contributed by atoms with Crippen LogP contribution >= 0.6 is 0 Å². The van der Waals surface area contributed by atoms with E-state index in [0.717, 1.165) is 15.4 Å². The first-order valence-corrected chi connectivity index (χ1v) is 15.6. The molecule has 0 aliphatic rings. The van der Waals surface area contributed by atoms with Gasteiger partial charge in [0.15, 0.2) is 0 Å². The number of anilines is 1. The molecule has 0 aliphatic carbocycles. The van der Waals surface area contributed by atoms with E-state index in [0.29, 0.717) is 5.75 Å². The van der Waals surface area contributed by atoms with E-state index in [4.69, 9.17) is 9.47 Å².